The van der Waals surface area contributed by atoms with Gasteiger partial charge in [0.1, 0.15) is 0 Å². The molecule has 168 valence electrons. The van der Waals surface area contributed by atoms with E-state index in [1.165, 1.54) is 114 Å². The zero-order valence-corrected chi connectivity index (χ0v) is 21.8. The Bertz CT molecular complexity index is 997. The maximum atomic E-state index is 2.55. The van der Waals surface area contributed by atoms with Gasteiger partial charge < -0.3 is 0 Å². The Balaban J connectivity index is 1.48. The van der Waals surface area contributed by atoms with Gasteiger partial charge in [-0.1, -0.05) is 90.9 Å². The third-order valence-electron chi connectivity index (χ3n) is 6.78. The van der Waals surface area contributed by atoms with Crippen molar-refractivity contribution < 1.29 is 0 Å². The van der Waals surface area contributed by atoms with Gasteiger partial charge in [-0.05, 0) is 41.3 Å². The van der Waals surface area contributed by atoms with E-state index in [0.717, 1.165) is 5.92 Å². The Hall–Kier alpha value is -0.900. The SMILES string of the molecule is CCCCCCCCC(CCCCCC)Cc1cc2c3ccsc3c3sccc3c2s1. The summed E-state index contributed by atoms with van der Waals surface area (Å²) in [5, 5.41) is 9.02. The molecule has 1 atom stereocenters. The second-order valence-corrected chi connectivity index (χ2v) is 12.2. The van der Waals surface area contributed by atoms with Crippen LogP contribution in [-0.2, 0) is 6.42 Å². The summed E-state index contributed by atoms with van der Waals surface area (Å²) in [6, 6.07) is 7.24. The van der Waals surface area contributed by atoms with Gasteiger partial charge in [0.25, 0.3) is 0 Å². The lowest BCUT2D eigenvalue weighted by atomic mass is 9.91. The van der Waals surface area contributed by atoms with Crippen molar-refractivity contribution in [1.29, 1.82) is 0 Å². The standard InChI is InChI=1S/C28H38S3/c1-3-5-7-9-10-12-14-21(13-11-8-6-4-2)19-22-20-25-23-15-17-29-27(23)28-24(16-18-30-28)26(25)31-22/h15-18,20-21H,3-14,19H2,1-2H3. The first-order valence-electron chi connectivity index (χ1n) is 12.6. The van der Waals surface area contributed by atoms with Crippen LogP contribution in [0.3, 0.4) is 0 Å². The van der Waals surface area contributed by atoms with Crippen molar-refractivity contribution in [2.75, 3.05) is 0 Å². The van der Waals surface area contributed by atoms with E-state index in [1.54, 1.807) is 4.88 Å². The molecule has 0 N–H and O–H groups in total. The summed E-state index contributed by atoms with van der Waals surface area (Å²) in [6.45, 7) is 4.63. The van der Waals surface area contributed by atoms with E-state index >= 15 is 0 Å². The number of hydrogen-bond donors (Lipinski definition) is 0. The molecule has 0 amide bonds. The second kappa shape index (κ2) is 11.8. The molecule has 3 heterocycles. The predicted octanol–water partition coefficient (Wildman–Crippen LogP) is 11.2. The first kappa shape index (κ1) is 23.3. The van der Waals surface area contributed by atoms with Crippen molar-refractivity contribution in [3.05, 3.63) is 33.8 Å². The summed E-state index contributed by atoms with van der Waals surface area (Å²) in [4.78, 5) is 1.62. The summed E-state index contributed by atoms with van der Waals surface area (Å²) in [5.41, 5.74) is 0. The summed E-state index contributed by atoms with van der Waals surface area (Å²) < 4.78 is 4.51. The minimum Gasteiger partial charge on any atom is -0.142 e. The Morgan fingerprint density at radius 1 is 0.645 bits per heavy atom. The number of hydrogen-bond acceptors (Lipinski definition) is 3. The first-order valence-corrected chi connectivity index (χ1v) is 15.2. The van der Waals surface area contributed by atoms with Crippen LogP contribution in [0.4, 0.5) is 0 Å². The van der Waals surface area contributed by atoms with Crippen LogP contribution in [0.15, 0.2) is 29.0 Å². The molecular formula is C28H38S3. The van der Waals surface area contributed by atoms with E-state index in [9.17, 15) is 0 Å². The van der Waals surface area contributed by atoms with Crippen LogP contribution in [0.25, 0.3) is 30.3 Å². The van der Waals surface area contributed by atoms with Crippen LogP contribution in [0.1, 0.15) is 95.8 Å². The molecule has 3 heteroatoms. The fourth-order valence-electron chi connectivity index (χ4n) is 5.01. The molecule has 0 saturated carbocycles. The number of thiophene rings is 3. The first-order chi connectivity index (χ1) is 15.3. The molecule has 1 unspecified atom stereocenters. The molecule has 0 fully saturated rings. The number of benzene rings is 1. The van der Waals surface area contributed by atoms with Gasteiger partial charge in [-0.3, -0.25) is 0 Å². The summed E-state index contributed by atoms with van der Waals surface area (Å²) in [7, 11) is 0. The van der Waals surface area contributed by atoms with Crippen LogP contribution in [-0.4, -0.2) is 0 Å². The van der Waals surface area contributed by atoms with E-state index in [2.05, 4.69) is 54.1 Å². The Labute approximate surface area is 200 Å². The third-order valence-corrected chi connectivity index (χ3v) is 9.96. The summed E-state index contributed by atoms with van der Waals surface area (Å²) in [5.74, 6) is 0.868. The lowest BCUT2D eigenvalue weighted by molar-refractivity contribution is 0.404. The molecule has 0 aliphatic rings. The highest BCUT2D eigenvalue weighted by Crippen LogP contribution is 2.44. The van der Waals surface area contributed by atoms with Crippen molar-refractivity contribution >= 4 is 64.3 Å². The van der Waals surface area contributed by atoms with E-state index in [-0.39, 0.29) is 0 Å². The molecule has 0 aliphatic carbocycles. The van der Waals surface area contributed by atoms with Crippen LogP contribution in [0, 0.1) is 5.92 Å². The van der Waals surface area contributed by atoms with E-state index in [0.29, 0.717) is 0 Å². The van der Waals surface area contributed by atoms with Crippen LogP contribution in [0.5, 0.6) is 0 Å². The molecule has 1 aromatic carbocycles. The zero-order chi connectivity index (χ0) is 21.5. The van der Waals surface area contributed by atoms with Crippen LogP contribution >= 0.6 is 34.0 Å². The Morgan fingerprint density at radius 2 is 1.23 bits per heavy atom. The van der Waals surface area contributed by atoms with Crippen molar-refractivity contribution in [1.82, 2.24) is 0 Å². The van der Waals surface area contributed by atoms with Crippen molar-refractivity contribution in [3.8, 4) is 0 Å². The van der Waals surface area contributed by atoms with Gasteiger partial charge in [0.2, 0.25) is 0 Å². The largest absolute Gasteiger partial charge is 0.142 e. The van der Waals surface area contributed by atoms with Gasteiger partial charge in [0.05, 0.1) is 9.40 Å². The normalized spacial score (nSPS) is 13.1. The van der Waals surface area contributed by atoms with E-state index in [4.69, 9.17) is 0 Å². The number of rotatable bonds is 14. The lowest BCUT2D eigenvalue weighted by Gasteiger charge is -2.16. The molecule has 4 aromatic rings. The van der Waals surface area contributed by atoms with Crippen molar-refractivity contribution in [2.24, 2.45) is 5.92 Å². The molecule has 0 bridgehead atoms. The smallest absolute Gasteiger partial charge is 0.0535 e. The minimum absolute atomic E-state index is 0.868. The highest BCUT2D eigenvalue weighted by molar-refractivity contribution is 7.27. The van der Waals surface area contributed by atoms with Crippen molar-refractivity contribution in [2.45, 2.75) is 97.3 Å². The molecule has 0 radical (unpaired) electrons. The molecule has 0 aliphatic heterocycles. The topological polar surface area (TPSA) is 0 Å². The average molecular weight is 471 g/mol. The molecule has 3 aromatic heterocycles. The molecular weight excluding hydrogens is 433 g/mol. The molecule has 4 rings (SSSR count). The van der Waals surface area contributed by atoms with Crippen molar-refractivity contribution in [3.63, 3.8) is 0 Å². The van der Waals surface area contributed by atoms with E-state index < -0.39 is 0 Å². The average Bonchev–Trinajstić information content (AvgIpc) is 3.51. The highest BCUT2D eigenvalue weighted by Gasteiger charge is 2.16. The lowest BCUT2D eigenvalue weighted by Crippen LogP contribution is -2.04. The van der Waals surface area contributed by atoms with Gasteiger partial charge in [-0.2, -0.15) is 0 Å². The van der Waals surface area contributed by atoms with Gasteiger partial charge >= 0.3 is 0 Å². The maximum absolute atomic E-state index is 2.55. The number of unbranched alkanes of at least 4 members (excludes halogenated alkanes) is 8. The molecule has 0 saturated heterocycles. The maximum Gasteiger partial charge on any atom is 0.0535 e. The third kappa shape index (κ3) is 5.72. The molecule has 31 heavy (non-hydrogen) atoms. The fourth-order valence-corrected chi connectivity index (χ4v) is 8.40. The van der Waals surface area contributed by atoms with Gasteiger partial charge in [0.15, 0.2) is 0 Å². The summed E-state index contributed by atoms with van der Waals surface area (Å²) in [6.07, 6.45) is 18.2. The zero-order valence-electron chi connectivity index (χ0n) is 19.4. The Kier molecular flexibility index (Phi) is 8.87. The van der Waals surface area contributed by atoms with Gasteiger partial charge in [0, 0.05) is 25.7 Å². The van der Waals surface area contributed by atoms with E-state index in [1.807, 2.05) is 22.7 Å². The summed E-state index contributed by atoms with van der Waals surface area (Å²) >= 11 is 5.90. The highest BCUT2D eigenvalue weighted by atomic mass is 32.1. The van der Waals surface area contributed by atoms with Crippen LogP contribution in [0.2, 0.25) is 0 Å². The van der Waals surface area contributed by atoms with Gasteiger partial charge in [-0.25, -0.2) is 0 Å². The minimum atomic E-state index is 0.868. The van der Waals surface area contributed by atoms with Crippen LogP contribution < -0.4 is 0 Å². The van der Waals surface area contributed by atoms with Gasteiger partial charge in [-0.15, -0.1) is 34.0 Å². The molecule has 0 spiro atoms. The predicted molar refractivity (Wildman–Crippen MR) is 147 cm³/mol. The second-order valence-electron chi connectivity index (χ2n) is 9.26. The monoisotopic (exact) mass is 470 g/mol. The molecule has 0 nitrogen and oxygen atoms in total. The number of fused-ring (bicyclic) bond motifs is 6. The fraction of sp³-hybridized carbons (Fsp3) is 0.571. The quantitative estimate of drug-likeness (QED) is 0.161. The Morgan fingerprint density at radius 3 is 1.94 bits per heavy atom.